The molecule has 0 bridgehead atoms. The van der Waals surface area contributed by atoms with Crippen molar-refractivity contribution in [1.82, 2.24) is 4.90 Å². The highest BCUT2D eigenvalue weighted by molar-refractivity contribution is 6.22. The van der Waals surface area contributed by atoms with E-state index in [0.29, 0.717) is 11.3 Å². The lowest BCUT2D eigenvalue weighted by Gasteiger charge is -2.20. The lowest BCUT2D eigenvalue weighted by Crippen LogP contribution is -2.44. The van der Waals surface area contributed by atoms with Gasteiger partial charge < -0.3 is 14.8 Å². The topological polar surface area (TPSA) is 119 Å². The maximum Gasteiger partial charge on any atom is 0.337 e. The molecule has 1 aliphatic heterocycles. The number of anilines is 1. The summed E-state index contributed by atoms with van der Waals surface area (Å²) in [6, 6.07) is 8.28. The van der Waals surface area contributed by atoms with Crippen molar-refractivity contribution in [3.63, 3.8) is 0 Å². The lowest BCUT2D eigenvalue weighted by atomic mass is 10.1. The van der Waals surface area contributed by atoms with Crippen molar-refractivity contribution in [1.29, 1.82) is 0 Å². The van der Waals surface area contributed by atoms with Gasteiger partial charge in [0.15, 0.2) is 6.61 Å². The van der Waals surface area contributed by atoms with E-state index in [4.69, 9.17) is 4.74 Å². The molecule has 32 heavy (non-hydrogen) atoms. The standard InChI is InChI=1S/C23H22N2O7/c1-12-5-8-16-17(9-12)21(28)25(20(16)27)14(3)22(29)32-11-19(26)24-18-10-15(23(30)31-4)7-6-13(18)2/h5-10,14H,11H2,1-4H3,(H,24,26). The van der Waals surface area contributed by atoms with E-state index in [-0.39, 0.29) is 16.7 Å². The van der Waals surface area contributed by atoms with Gasteiger partial charge in [-0.1, -0.05) is 17.7 Å². The Bertz CT molecular complexity index is 1140. The summed E-state index contributed by atoms with van der Waals surface area (Å²) in [5.41, 5.74) is 2.56. The molecule has 0 aromatic heterocycles. The zero-order valence-electron chi connectivity index (χ0n) is 18.1. The first-order valence-corrected chi connectivity index (χ1v) is 9.78. The SMILES string of the molecule is COC(=O)c1ccc(C)c(NC(=O)COC(=O)C(C)N2C(=O)c3ccc(C)cc3C2=O)c1. The minimum atomic E-state index is -1.21. The third kappa shape index (κ3) is 4.36. The normalized spacial score (nSPS) is 13.4. The van der Waals surface area contributed by atoms with Crippen LogP contribution in [0.2, 0.25) is 0 Å². The highest BCUT2D eigenvalue weighted by atomic mass is 16.5. The van der Waals surface area contributed by atoms with Gasteiger partial charge in [-0.2, -0.15) is 0 Å². The summed E-state index contributed by atoms with van der Waals surface area (Å²) in [7, 11) is 1.25. The van der Waals surface area contributed by atoms with Crippen molar-refractivity contribution in [3.05, 3.63) is 64.2 Å². The maximum atomic E-state index is 12.6. The molecule has 1 N–H and O–H groups in total. The molecule has 0 spiro atoms. The Labute approximate surface area is 184 Å². The molecule has 1 unspecified atom stereocenters. The van der Waals surface area contributed by atoms with E-state index < -0.39 is 42.3 Å². The minimum Gasteiger partial charge on any atom is -0.465 e. The summed E-state index contributed by atoms with van der Waals surface area (Å²) in [5, 5.41) is 2.56. The molecule has 9 heteroatoms. The molecule has 2 aromatic carbocycles. The molecule has 166 valence electrons. The van der Waals surface area contributed by atoms with Crippen LogP contribution in [0.15, 0.2) is 36.4 Å². The van der Waals surface area contributed by atoms with Gasteiger partial charge >= 0.3 is 11.9 Å². The maximum absolute atomic E-state index is 12.6. The number of amides is 3. The van der Waals surface area contributed by atoms with Crippen molar-refractivity contribution in [2.45, 2.75) is 26.8 Å². The van der Waals surface area contributed by atoms with Crippen molar-refractivity contribution in [2.75, 3.05) is 19.0 Å². The van der Waals surface area contributed by atoms with Crippen molar-refractivity contribution < 1.29 is 33.4 Å². The molecule has 0 fully saturated rings. The Kier molecular flexibility index (Phi) is 6.38. The van der Waals surface area contributed by atoms with Crippen molar-refractivity contribution in [2.24, 2.45) is 0 Å². The third-order valence-electron chi connectivity index (χ3n) is 5.08. The third-order valence-corrected chi connectivity index (χ3v) is 5.08. The number of imide groups is 1. The summed E-state index contributed by atoms with van der Waals surface area (Å²) >= 11 is 0. The number of hydrogen-bond acceptors (Lipinski definition) is 7. The molecule has 0 aliphatic carbocycles. The zero-order chi connectivity index (χ0) is 23.6. The number of benzene rings is 2. The molecule has 0 radical (unpaired) electrons. The number of carbonyl (C=O) groups excluding carboxylic acids is 5. The first kappa shape index (κ1) is 22.7. The van der Waals surface area contributed by atoms with Crippen LogP contribution >= 0.6 is 0 Å². The number of aryl methyl sites for hydroxylation is 2. The van der Waals surface area contributed by atoms with Gasteiger partial charge in [0.2, 0.25) is 0 Å². The van der Waals surface area contributed by atoms with Gasteiger partial charge in [0.1, 0.15) is 6.04 Å². The van der Waals surface area contributed by atoms with Gasteiger partial charge in [-0.15, -0.1) is 0 Å². The Balaban J connectivity index is 1.62. The molecule has 3 rings (SSSR count). The van der Waals surface area contributed by atoms with E-state index in [1.807, 2.05) is 0 Å². The number of methoxy groups -OCH3 is 1. The largest absolute Gasteiger partial charge is 0.465 e. The molecule has 0 saturated carbocycles. The smallest absolute Gasteiger partial charge is 0.337 e. The van der Waals surface area contributed by atoms with Gasteiger partial charge in [-0.3, -0.25) is 19.3 Å². The molecule has 2 aromatic rings. The molecule has 1 heterocycles. The van der Waals surface area contributed by atoms with Crippen LogP contribution < -0.4 is 5.32 Å². The van der Waals surface area contributed by atoms with Crippen LogP contribution in [0.4, 0.5) is 5.69 Å². The van der Waals surface area contributed by atoms with E-state index in [1.54, 1.807) is 44.2 Å². The van der Waals surface area contributed by atoms with Gasteiger partial charge in [-0.05, 0) is 50.6 Å². The van der Waals surface area contributed by atoms with E-state index >= 15 is 0 Å². The second kappa shape index (κ2) is 9.01. The Morgan fingerprint density at radius 3 is 2.38 bits per heavy atom. The molecular weight excluding hydrogens is 416 g/mol. The van der Waals surface area contributed by atoms with Crippen LogP contribution in [-0.2, 0) is 19.1 Å². The molecule has 9 nitrogen and oxygen atoms in total. The van der Waals surface area contributed by atoms with Crippen LogP contribution in [0, 0.1) is 13.8 Å². The summed E-state index contributed by atoms with van der Waals surface area (Å²) in [5.74, 6) is -3.27. The molecule has 1 aliphatic rings. The number of esters is 2. The summed E-state index contributed by atoms with van der Waals surface area (Å²) in [6.45, 7) is 4.25. The summed E-state index contributed by atoms with van der Waals surface area (Å²) in [4.78, 5) is 62.4. The molecular formula is C23H22N2O7. The number of hydrogen-bond donors (Lipinski definition) is 1. The number of nitrogens with one attached hydrogen (secondary N) is 1. The zero-order valence-corrected chi connectivity index (χ0v) is 18.1. The molecule has 0 saturated heterocycles. The predicted octanol–water partition coefficient (Wildman–Crippen LogP) is 2.26. The second-order valence-electron chi connectivity index (χ2n) is 7.38. The highest BCUT2D eigenvalue weighted by Crippen LogP contribution is 2.26. The van der Waals surface area contributed by atoms with Crippen molar-refractivity contribution >= 4 is 35.3 Å². The van der Waals surface area contributed by atoms with E-state index in [1.165, 1.54) is 20.1 Å². The highest BCUT2D eigenvalue weighted by Gasteiger charge is 2.41. The van der Waals surface area contributed by atoms with Crippen LogP contribution in [0.25, 0.3) is 0 Å². The predicted molar refractivity (Wildman–Crippen MR) is 113 cm³/mol. The second-order valence-corrected chi connectivity index (χ2v) is 7.38. The van der Waals surface area contributed by atoms with E-state index in [2.05, 4.69) is 10.1 Å². The Morgan fingerprint density at radius 1 is 1.00 bits per heavy atom. The Morgan fingerprint density at radius 2 is 1.69 bits per heavy atom. The van der Waals surface area contributed by atoms with Crippen LogP contribution in [0.3, 0.4) is 0 Å². The lowest BCUT2D eigenvalue weighted by molar-refractivity contribution is -0.150. The van der Waals surface area contributed by atoms with Gasteiger partial charge in [0, 0.05) is 5.69 Å². The van der Waals surface area contributed by atoms with Crippen LogP contribution in [0.5, 0.6) is 0 Å². The number of fused-ring (bicyclic) bond motifs is 1. The Hall–Kier alpha value is -4.01. The average Bonchev–Trinajstić information content (AvgIpc) is 3.01. The van der Waals surface area contributed by atoms with Gasteiger partial charge in [0.25, 0.3) is 17.7 Å². The van der Waals surface area contributed by atoms with Gasteiger partial charge in [0.05, 0.1) is 23.8 Å². The van der Waals surface area contributed by atoms with Gasteiger partial charge in [-0.25, -0.2) is 9.59 Å². The number of rotatable bonds is 6. The van der Waals surface area contributed by atoms with E-state index in [0.717, 1.165) is 10.5 Å². The van der Waals surface area contributed by atoms with Crippen molar-refractivity contribution in [3.8, 4) is 0 Å². The number of nitrogens with zero attached hydrogens (tertiary/aromatic N) is 1. The van der Waals surface area contributed by atoms with E-state index in [9.17, 15) is 24.0 Å². The average molecular weight is 438 g/mol. The van der Waals surface area contributed by atoms with Crippen LogP contribution in [-0.4, -0.2) is 54.3 Å². The quantitative estimate of drug-likeness (QED) is 0.543. The monoisotopic (exact) mass is 438 g/mol. The molecule has 1 atom stereocenters. The number of ether oxygens (including phenoxy) is 2. The molecule has 3 amide bonds. The first-order chi connectivity index (χ1) is 15.1. The van der Waals surface area contributed by atoms with Crippen LogP contribution in [0.1, 0.15) is 49.1 Å². The fourth-order valence-electron chi connectivity index (χ4n) is 3.28. The minimum absolute atomic E-state index is 0.221. The summed E-state index contributed by atoms with van der Waals surface area (Å²) < 4.78 is 9.68. The fraction of sp³-hybridized carbons (Fsp3) is 0.261. The number of carbonyl (C=O) groups is 5. The fourth-order valence-corrected chi connectivity index (χ4v) is 3.28. The first-order valence-electron chi connectivity index (χ1n) is 9.78. The summed E-state index contributed by atoms with van der Waals surface area (Å²) in [6.07, 6.45) is 0.